The van der Waals surface area contributed by atoms with E-state index in [0.29, 0.717) is 12.8 Å². The predicted octanol–water partition coefficient (Wildman–Crippen LogP) is 0.628. The quantitative estimate of drug-likeness (QED) is 0.398. The zero-order valence-corrected chi connectivity index (χ0v) is 9.56. The first-order chi connectivity index (χ1) is 8.05. The molecule has 2 aliphatic rings. The van der Waals surface area contributed by atoms with E-state index in [9.17, 15) is 19.6 Å². The summed E-state index contributed by atoms with van der Waals surface area (Å²) in [5.41, 5.74) is -0.717. The Bertz CT molecular complexity index is 436. The molecule has 0 aromatic heterocycles. The lowest BCUT2D eigenvalue weighted by molar-refractivity contribution is -0.154. The molecule has 0 saturated heterocycles. The number of Topliss-reactive ketones (excluding diaryl/α,β-unsaturated/α-hetero) is 2. The Kier molecular flexibility index (Phi) is 2.74. The van der Waals surface area contributed by atoms with Crippen molar-refractivity contribution >= 4 is 17.5 Å². The topological polar surface area (TPSA) is 84.2 Å². The number of nitrogens with zero attached hydrogens (tertiary/aromatic N) is 1. The fourth-order valence-electron chi connectivity index (χ4n) is 3.08. The number of ether oxygens (including phenoxy) is 1. The van der Waals surface area contributed by atoms with E-state index in [1.165, 1.54) is 0 Å². The van der Waals surface area contributed by atoms with Crippen LogP contribution in [0.3, 0.4) is 0 Å². The predicted molar refractivity (Wildman–Crippen MR) is 55.5 cm³/mol. The van der Waals surface area contributed by atoms with Gasteiger partial charge in [-0.25, -0.2) is 4.79 Å². The summed E-state index contributed by atoms with van der Waals surface area (Å²) >= 11 is 0. The van der Waals surface area contributed by atoms with Crippen LogP contribution in [0.2, 0.25) is 0 Å². The van der Waals surface area contributed by atoms with Crippen LogP contribution >= 0.6 is 0 Å². The highest BCUT2D eigenvalue weighted by atomic mass is 16.5. The van der Waals surface area contributed by atoms with Gasteiger partial charge in [0.1, 0.15) is 5.78 Å². The van der Waals surface area contributed by atoms with Gasteiger partial charge in [-0.15, -0.1) is 0 Å². The normalized spacial score (nSPS) is 35.2. The van der Waals surface area contributed by atoms with Gasteiger partial charge >= 0.3 is 5.97 Å². The van der Waals surface area contributed by atoms with Crippen LogP contribution in [0.25, 0.3) is 0 Å². The maximum Gasteiger partial charge on any atom is 0.375 e. The second kappa shape index (κ2) is 3.95. The van der Waals surface area contributed by atoms with Crippen LogP contribution < -0.4 is 0 Å². The van der Waals surface area contributed by atoms with E-state index in [2.05, 4.69) is 10.8 Å². The molecule has 90 valence electrons. The number of rotatable bonds is 2. The van der Waals surface area contributed by atoms with Crippen molar-refractivity contribution in [3.8, 4) is 6.07 Å². The van der Waals surface area contributed by atoms with Gasteiger partial charge in [-0.1, -0.05) is 6.42 Å². The number of methoxy groups -OCH3 is 1. The molecule has 5 nitrogen and oxygen atoms in total. The zero-order valence-electron chi connectivity index (χ0n) is 9.56. The summed E-state index contributed by atoms with van der Waals surface area (Å²) in [5, 5.41) is 9.21. The second-order valence-corrected chi connectivity index (χ2v) is 4.73. The summed E-state index contributed by atoms with van der Waals surface area (Å²) in [5.74, 6) is -3.38. The molecule has 2 rings (SSSR count). The molecular weight excluding hydrogens is 222 g/mol. The molecule has 0 amide bonds. The van der Waals surface area contributed by atoms with E-state index in [1.54, 1.807) is 0 Å². The Labute approximate surface area is 98.7 Å². The third-order valence-electron chi connectivity index (χ3n) is 3.96. The average Bonchev–Trinajstić information content (AvgIpc) is 2.87. The third-order valence-corrected chi connectivity index (χ3v) is 3.96. The van der Waals surface area contributed by atoms with E-state index in [4.69, 9.17) is 0 Å². The molecule has 0 heterocycles. The van der Waals surface area contributed by atoms with Gasteiger partial charge in [0.15, 0.2) is 0 Å². The Morgan fingerprint density at radius 1 is 1.53 bits per heavy atom. The van der Waals surface area contributed by atoms with Crippen molar-refractivity contribution in [1.82, 2.24) is 0 Å². The van der Waals surface area contributed by atoms with Crippen LogP contribution in [0.5, 0.6) is 0 Å². The molecule has 0 spiro atoms. The summed E-state index contributed by atoms with van der Waals surface area (Å²) in [6.45, 7) is 0. The number of carbonyl (C=O) groups excluding carboxylic acids is 3. The van der Waals surface area contributed by atoms with E-state index < -0.39 is 23.1 Å². The molecule has 0 aromatic rings. The molecule has 0 aromatic carbocycles. The zero-order chi connectivity index (χ0) is 12.6. The molecule has 0 bridgehead atoms. The highest BCUT2D eigenvalue weighted by Crippen LogP contribution is 2.54. The minimum absolute atomic E-state index is 0.181. The summed E-state index contributed by atoms with van der Waals surface area (Å²) in [6.07, 6.45) is 2.31. The largest absolute Gasteiger partial charge is 0.463 e. The first-order valence-electron chi connectivity index (χ1n) is 5.63. The van der Waals surface area contributed by atoms with Crippen LogP contribution in [0.1, 0.15) is 25.7 Å². The fourth-order valence-corrected chi connectivity index (χ4v) is 3.08. The molecule has 3 atom stereocenters. The number of hydrogen-bond acceptors (Lipinski definition) is 5. The van der Waals surface area contributed by atoms with Crippen LogP contribution in [-0.2, 0) is 19.1 Å². The lowest BCUT2D eigenvalue weighted by atomic mass is 9.81. The summed E-state index contributed by atoms with van der Waals surface area (Å²) in [7, 11) is 1.11. The van der Waals surface area contributed by atoms with Gasteiger partial charge in [0.2, 0.25) is 5.78 Å². The van der Waals surface area contributed by atoms with E-state index in [-0.39, 0.29) is 18.1 Å². The molecule has 2 aliphatic carbocycles. The van der Waals surface area contributed by atoms with E-state index >= 15 is 0 Å². The molecule has 0 N–H and O–H groups in total. The number of hydrogen-bond donors (Lipinski definition) is 0. The number of carbonyl (C=O) groups is 3. The fraction of sp³-hybridized carbons (Fsp3) is 0.667. The molecular formula is C12H13NO4. The minimum atomic E-state index is -0.989. The van der Waals surface area contributed by atoms with Crippen molar-refractivity contribution in [2.75, 3.05) is 7.11 Å². The second-order valence-electron chi connectivity index (χ2n) is 4.73. The van der Waals surface area contributed by atoms with E-state index in [1.807, 2.05) is 0 Å². The van der Waals surface area contributed by atoms with Crippen molar-refractivity contribution in [2.24, 2.45) is 17.3 Å². The van der Waals surface area contributed by atoms with Gasteiger partial charge in [0, 0.05) is 5.92 Å². The first-order valence-corrected chi connectivity index (χ1v) is 5.63. The number of ketones is 2. The molecule has 2 saturated carbocycles. The smallest absolute Gasteiger partial charge is 0.375 e. The standard InChI is InChI=1S/C12H13NO4/c1-17-11(16)10(15)7-5-12(6-13)4-2-3-8(12)9(7)14/h7-8H,2-5H2,1H3. The molecule has 17 heavy (non-hydrogen) atoms. The number of esters is 1. The number of nitriles is 1. The van der Waals surface area contributed by atoms with Gasteiger partial charge in [-0.3, -0.25) is 9.59 Å². The van der Waals surface area contributed by atoms with Crippen molar-refractivity contribution in [2.45, 2.75) is 25.7 Å². The van der Waals surface area contributed by atoms with Crippen molar-refractivity contribution in [3.05, 3.63) is 0 Å². The van der Waals surface area contributed by atoms with Crippen LogP contribution in [0.15, 0.2) is 0 Å². The van der Waals surface area contributed by atoms with Gasteiger partial charge in [0.25, 0.3) is 0 Å². The Hall–Kier alpha value is -1.70. The van der Waals surface area contributed by atoms with Gasteiger partial charge in [-0.05, 0) is 19.3 Å². The summed E-state index contributed by atoms with van der Waals surface area (Å²) < 4.78 is 4.34. The lowest BCUT2D eigenvalue weighted by Crippen LogP contribution is -2.29. The molecule has 5 heteroatoms. The monoisotopic (exact) mass is 235 g/mol. The number of fused-ring (bicyclic) bond motifs is 1. The van der Waals surface area contributed by atoms with Crippen LogP contribution in [0, 0.1) is 28.6 Å². The third kappa shape index (κ3) is 1.55. The average molecular weight is 235 g/mol. The SMILES string of the molecule is COC(=O)C(=O)C1CC2(C#N)CCCC2C1=O. The van der Waals surface area contributed by atoms with Gasteiger partial charge in [-0.2, -0.15) is 5.26 Å². The summed E-state index contributed by atoms with van der Waals surface area (Å²) in [6, 6.07) is 2.19. The molecule has 0 radical (unpaired) electrons. The van der Waals surface area contributed by atoms with Crippen molar-refractivity contribution in [3.63, 3.8) is 0 Å². The van der Waals surface area contributed by atoms with Gasteiger partial charge in [0.05, 0.1) is 24.5 Å². The van der Waals surface area contributed by atoms with Crippen LogP contribution in [0.4, 0.5) is 0 Å². The highest BCUT2D eigenvalue weighted by molar-refractivity contribution is 6.38. The van der Waals surface area contributed by atoms with E-state index in [0.717, 1.165) is 13.5 Å². The Morgan fingerprint density at radius 3 is 2.76 bits per heavy atom. The first kappa shape index (κ1) is 11.8. The lowest BCUT2D eigenvalue weighted by Gasteiger charge is -2.17. The Morgan fingerprint density at radius 2 is 2.24 bits per heavy atom. The molecule has 3 unspecified atom stereocenters. The minimum Gasteiger partial charge on any atom is -0.463 e. The van der Waals surface area contributed by atoms with Crippen LogP contribution in [-0.4, -0.2) is 24.6 Å². The van der Waals surface area contributed by atoms with Gasteiger partial charge < -0.3 is 4.74 Å². The molecule has 2 fully saturated rings. The van der Waals surface area contributed by atoms with Crippen molar-refractivity contribution < 1.29 is 19.1 Å². The molecule has 0 aliphatic heterocycles. The highest BCUT2D eigenvalue weighted by Gasteiger charge is 2.58. The maximum absolute atomic E-state index is 12.0. The van der Waals surface area contributed by atoms with Crippen molar-refractivity contribution in [1.29, 1.82) is 5.26 Å². The Balaban J connectivity index is 2.26. The summed E-state index contributed by atoms with van der Waals surface area (Å²) in [4.78, 5) is 34.9. The maximum atomic E-state index is 12.0.